The van der Waals surface area contributed by atoms with E-state index in [1.54, 1.807) is 29.3 Å². The predicted octanol–water partition coefficient (Wildman–Crippen LogP) is 3.40. The summed E-state index contributed by atoms with van der Waals surface area (Å²) in [6.45, 7) is -0.459. The van der Waals surface area contributed by atoms with E-state index in [4.69, 9.17) is 4.74 Å². The second kappa shape index (κ2) is 9.26. The van der Waals surface area contributed by atoms with Crippen LogP contribution in [0.2, 0.25) is 0 Å². The van der Waals surface area contributed by atoms with Crippen LogP contribution in [0.25, 0.3) is 0 Å². The van der Waals surface area contributed by atoms with Crippen molar-refractivity contribution < 1.29 is 14.3 Å². The fourth-order valence-electron chi connectivity index (χ4n) is 2.50. The average Bonchev–Trinajstić information content (AvgIpc) is 2.70. The summed E-state index contributed by atoms with van der Waals surface area (Å²) >= 11 is 0. The summed E-state index contributed by atoms with van der Waals surface area (Å²) in [6.07, 6.45) is 1.58. The Morgan fingerprint density at radius 2 is 1.41 bits per heavy atom. The number of amides is 2. The van der Waals surface area contributed by atoms with Crippen molar-refractivity contribution in [3.05, 3.63) is 85.1 Å². The number of anilines is 3. The molecule has 2 aromatic carbocycles. The lowest BCUT2D eigenvalue weighted by molar-refractivity contribution is -0.126. The highest BCUT2D eigenvalue weighted by molar-refractivity contribution is 6.01. The number of ether oxygens (including phenoxy) is 1. The first-order chi connectivity index (χ1) is 13.2. The SMILES string of the molecule is O=C(COCC(=O)N(c1ccccc1)c1ccccc1)Nc1ccccn1. The Morgan fingerprint density at radius 3 is 1.96 bits per heavy atom. The summed E-state index contributed by atoms with van der Waals surface area (Å²) in [4.78, 5) is 30.2. The molecule has 2 amide bonds. The maximum Gasteiger partial charge on any atom is 0.257 e. The lowest BCUT2D eigenvalue weighted by Gasteiger charge is -2.23. The molecule has 0 saturated carbocycles. The van der Waals surface area contributed by atoms with Crippen LogP contribution in [0.15, 0.2) is 85.1 Å². The molecule has 27 heavy (non-hydrogen) atoms. The standard InChI is InChI=1S/C21H19N3O3/c25-20(23-19-13-7-8-14-22-19)15-27-16-21(26)24(17-9-3-1-4-10-17)18-11-5-2-6-12-18/h1-14H,15-16H2,(H,22,23,25). The fraction of sp³-hybridized carbons (Fsp3) is 0.0952. The van der Waals surface area contributed by atoms with E-state index >= 15 is 0 Å². The second-order valence-corrected chi connectivity index (χ2v) is 5.66. The minimum Gasteiger partial charge on any atom is -0.362 e. The lowest BCUT2D eigenvalue weighted by Crippen LogP contribution is -2.31. The highest BCUT2D eigenvalue weighted by Gasteiger charge is 2.18. The van der Waals surface area contributed by atoms with E-state index in [1.807, 2.05) is 60.7 Å². The van der Waals surface area contributed by atoms with E-state index in [-0.39, 0.29) is 25.0 Å². The molecular formula is C21H19N3O3. The second-order valence-electron chi connectivity index (χ2n) is 5.66. The Bertz CT molecular complexity index is 831. The van der Waals surface area contributed by atoms with E-state index in [0.29, 0.717) is 5.82 Å². The number of nitrogens with one attached hydrogen (secondary N) is 1. The summed E-state index contributed by atoms with van der Waals surface area (Å²) in [5.41, 5.74) is 1.46. The highest BCUT2D eigenvalue weighted by atomic mass is 16.5. The minimum atomic E-state index is -0.368. The van der Waals surface area contributed by atoms with Crippen molar-refractivity contribution in [1.29, 1.82) is 0 Å². The first-order valence-electron chi connectivity index (χ1n) is 8.46. The van der Waals surface area contributed by atoms with Crippen LogP contribution < -0.4 is 10.2 Å². The Morgan fingerprint density at radius 1 is 0.815 bits per heavy atom. The first kappa shape index (κ1) is 18.3. The highest BCUT2D eigenvalue weighted by Crippen LogP contribution is 2.25. The molecule has 3 aromatic rings. The number of aromatic nitrogens is 1. The molecule has 0 fully saturated rings. The van der Waals surface area contributed by atoms with Gasteiger partial charge in [-0.1, -0.05) is 42.5 Å². The normalized spacial score (nSPS) is 10.2. The maximum atomic E-state index is 12.7. The summed E-state index contributed by atoms with van der Waals surface area (Å²) in [5.74, 6) is -0.196. The minimum absolute atomic E-state index is 0.223. The van der Waals surface area contributed by atoms with Crippen LogP contribution in [0.5, 0.6) is 0 Å². The van der Waals surface area contributed by atoms with E-state index in [9.17, 15) is 9.59 Å². The largest absolute Gasteiger partial charge is 0.362 e. The van der Waals surface area contributed by atoms with Crippen molar-refractivity contribution in [2.24, 2.45) is 0 Å². The van der Waals surface area contributed by atoms with Gasteiger partial charge in [-0.3, -0.25) is 14.5 Å². The summed E-state index contributed by atoms with van der Waals surface area (Å²) < 4.78 is 5.32. The van der Waals surface area contributed by atoms with Crippen molar-refractivity contribution in [3.8, 4) is 0 Å². The number of pyridine rings is 1. The maximum absolute atomic E-state index is 12.7. The molecule has 1 N–H and O–H groups in total. The van der Waals surface area contributed by atoms with Gasteiger partial charge in [-0.2, -0.15) is 0 Å². The van der Waals surface area contributed by atoms with Crippen molar-refractivity contribution in [2.45, 2.75) is 0 Å². The first-order valence-corrected chi connectivity index (χ1v) is 8.46. The van der Waals surface area contributed by atoms with Gasteiger partial charge < -0.3 is 10.1 Å². The Labute approximate surface area is 157 Å². The number of rotatable bonds is 7. The number of benzene rings is 2. The van der Waals surface area contributed by atoms with Crippen molar-refractivity contribution in [2.75, 3.05) is 23.4 Å². The third-order valence-corrected chi connectivity index (χ3v) is 3.67. The number of nitrogens with zero attached hydrogens (tertiary/aromatic N) is 2. The third-order valence-electron chi connectivity index (χ3n) is 3.67. The van der Waals surface area contributed by atoms with Gasteiger partial charge >= 0.3 is 0 Å². The predicted molar refractivity (Wildman–Crippen MR) is 104 cm³/mol. The number of hydrogen-bond donors (Lipinski definition) is 1. The summed E-state index contributed by atoms with van der Waals surface area (Å²) in [7, 11) is 0. The van der Waals surface area contributed by atoms with Crippen LogP contribution >= 0.6 is 0 Å². The molecule has 6 heteroatoms. The van der Waals surface area contributed by atoms with E-state index in [2.05, 4.69) is 10.3 Å². The molecule has 0 aliphatic rings. The van der Waals surface area contributed by atoms with Gasteiger partial charge in [-0.15, -0.1) is 0 Å². The molecule has 1 aromatic heterocycles. The molecule has 0 atom stereocenters. The van der Waals surface area contributed by atoms with Crippen LogP contribution in [0, 0.1) is 0 Å². The van der Waals surface area contributed by atoms with Crippen LogP contribution in [-0.4, -0.2) is 30.0 Å². The van der Waals surface area contributed by atoms with Gasteiger partial charge in [0, 0.05) is 17.6 Å². The summed E-state index contributed by atoms with van der Waals surface area (Å²) in [6, 6.07) is 23.8. The molecular weight excluding hydrogens is 342 g/mol. The number of carbonyl (C=O) groups is 2. The zero-order valence-electron chi connectivity index (χ0n) is 14.6. The number of hydrogen-bond acceptors (Lipinski definition) is 4. The monoisotopic (exact) mass is 361 g/mol. The van der Waals surface area contributed by atoms with Gasteiger partial charge in [0.25, 0.3) is 11.8 Å². The molecule has 6 nitrogen and oxygen atoms in total. The molecule has 0 aliphatic carbocycles. The molecule has 0 bridgehead atoms. The quantitative estimate of drug-likeness (QED) is 0.700. The van der Waals surface area contributed by atoms with Crippen LogP contribution in [-0.2, 0) is 14.3 Å². The lowest BCUT2D eigenvalue weighted by atomic mass is 10.2. The van der Waals surface area contributed by atoms with Crippen LogP contribution in [0.3, 0.4) is 0 Å². The molecule has 0 spiro atoms. The number of carbonyl (C=O) groups excluding carboxylic acids is 2. The molecule has 136 valence electrons. The van der Waals surface area contributed by atoms with Gasteiger partial charge in [-0.25, -0.2) is 4.98 Å². The average molecular weight is 361 g/mol. The smallest absolute Gasteiger partial charge is 0.257 e. The van der Waals surface area contributed by atoms with Crippen molar-refractivity contribution in [1.82, 2.24) is 4.98 Å². The third kappa shape index (κ3) is 5.23. The molecule has 0 aliphatic heterocycles. The zero-order chi connectivity index (χ0) is 18.9. The van der Waals surface area contributed by atoms with E-state index in [0.717, 1.165) is 11.4 Å². The number of para-hydroxylation sites is 2. The van der Waals surface area contributed by atoms with Gasteiger partial charge in [0.15, 0.2) is 0 Å². The molecule has 0 saturated heterocycles. The molecule has 0 unspecified atom stereocenters. The van der Waals surface area contributed by atoms with Crippen LogP contribution in [0.4, 0.5) is 17.2 Å². The molecule has 3 rings (SSSR count). The van der Waals surface area contributed by atoms with Gasteiger partial charge in [0.1, 0.15) is 19.0 Å². The van der Waals surface area contributed by atoms with Gasteiger partial charge in [-0.05, 0) is 36.4 Å². The van der Waals surface area contributed by atoms with Crippen molar-refractivity contribution >= 4 is 29.0 Å². The van der Waals surface area contributed by atoms with Crippen molar-refractivity contribution in [3.63, 3.8) is 0 Å². The van der Waals surface area contributed by atoms with Gasteiger partial charge in [0.05, 0.1) is 0 Å². The van der Waals surface area contributed by atoms with Crippen LogP contribution in [0.1, 0.15) is 0 Å². The fourth-order valence-corrected chi connectivity index (χ4v) is 2.50. The van der Waals surface area contributed by atoms with E-state index in [1.165, 1.54) is 0 Å². The van der Waals surface area contributed by atoms with E-state index < -0.39 is 0 Å². The Balaban J connectivity index is 1.61. The Hall–Kier alpha value is -3.51. The topological polar surface area (TPSA) is 71.5 Å². The summed E-state index contributed by atoms with van der Waals surface area (Å²) in [5, 5.41) is 2.61. The Kier molecular flexibility index (Phi) is 6.27. The van der Waals surface area contributed by atoms with Gasteiger partial charge in [0.2, 0.25) is 0 Å². The molecule has 1 heterocycles. The molecule has 0 radical (unpaired) electrons. The zero-order valence-corrected chi connectivity index (χ0v) is 14.6.